The van der Waals surface area contributed by atoms with Gasteiger partial charge in [0.2, 0.25) is 0 Å². The lowest BCUT2D eigenvalue weighted by atomic mass is 10.0. The third-order valence-electron chi connectivity index (χ3n) is 4.10. The number of nitro benzene ring substituents is 1. The number of hydrogen-bond acceptors (Lipinski definition) is 5. The maximum atomic E-state index is 12.3. The molecule has 1 aromatic carbocycles. The number of carbonyl (C=O) groups is 1. The van der Waals surface area contributed by atoms with Crippen molar-refractivity contribution in [1.29, 1.82) is 0 Å². The van der Waals surface area contributed by atoms with Crippen LogP contribution in [0.25, 0.3) is 0 Å². The number of benzene rings is 1. The first kappa shape index (κ1) is 19.0. The highest BCUT2D eigenvalue weighted by atomic mass is 16.6. The molecule has 2 rings (SSSR count). The van der Waals surface area contributed by atoms with Gasteiger partial charge in [-0.25, -0.2) is 4.79 Å². The van der Waals surface area contributed by atoms with Crippen LogP contribution in [0, 0.1) is 10.1 Å². The molecule has 0 aromatic heterocycles. The van der Waals surface area contributed by atoms with Crippen LogP contribution in [0.5, 0.6) is 0 Å². The predicted octanol–water partition coefficient (Wildman–Crippen LogP) is 3.97. The molecule has 1 fully saturated rings. The van der Waals surface area contributed by atoms with E-state index in [9.17, 15) is 14.9 Å². The molecule has 1 aromatic rings. The Bertz CT molecular complexity index is 640. The summed E-state index contributed by atoms with van der Waals surface area (Å²) >= 11 is 0. The number of aryl methyl sites for hydroxylation is 1. The number of amides is 1. The molecule has 0 saturated carbocycles. The minimum Gasteiger partial charge on any atom is -0.444 e. The van der Waals surface area contributed by atoms with Gasteiger partial charge in [0.05, 0.1) is 4.92 Å². The van der Waals surface area contributed by atoms with Crippen molar-refractivity contribution < 1.29 is 14.5 Å². The number of anilines is 1. The zero-order valence-electron chi connectivity index (χ0n) is 15.4. The van der Waals surface area contributed by atoms with E-state index in [2.05, 4.69) is 5.32 Å². The lowest BCUT2D eigenvalue weighted by Gasteiger charge is -2.34. The van der Waals surface area contributed by atoms with E-state index in [0.29, 0.717) is 18.8 Å². The minimum atomic E-state index is -0.536. The van der Waals surface area contributed by atoms with Crippen LogP contribution in [0.1, 0.15) is 46.1 Å². The van der Waals surface area contributed by atoms with E-state index in [4.69, 9.17) is 4.74 Å². The fraction of sp³-hybridized carbons (Fsp3) is 0.611. The third kappa shape index (κ3) is 5.34. The van der Waals surface area contributed by atoms with E-state index < -0.39 is 5.60 Å². The van der Waals surface area contributed by atoms with Crippen LogP contribution < -0.4 is 5.32 Å². The fourth-order valence-electron chi connectivity index (χ4n) is 2.89. The topological polar surface area (TPSA) is 84.7 Å². The van der Waals surface area contributed by atoms with Crippen molar-refractivity contribution in [3.63, 3.8) is 0 Å². The van der Waals surface area contributed by atoms with E-state index in [1.54, 1.807) is 11.0 Å². The van der Waals surface area contributed by atoms with Gasteiger partial charge in [0.15, 0.2) is 0 Å². The molecule has 1 heterocycles. The van der Waals surface area contributed by atoms with Crippen LogP contribution in [0.15, 0.2) is 18.2 Å². The fourth-order valence-corrected chi connectivity index (χ4v) is 2.89. The van der Waals surface area contributed by atoms with Crippen LogP contribution in [0.3, 0.4) is 0 Å². The van der Waals surface area contributed by atoms with E-state index in [1.807, 2.05) is 33.8 Å². The number of likely N-dealkylation sites (tertiary alicyclic amines) is 1. The first-order valence-electron chi connectivity index (χ1n) is 8.71. The highest BCUT2D eigenvalue weighted by Crippen LogP contribution is 2.28. The Morgan fingerprint density at radius 2 is 2.16 bits per heavy atom. The van der Waals surface area contributed by atoms with Crippen molar-refractivity contribution in [2.75, 3.05) is 18.4 Å². The van der Waals surface area contributed by atoms with Crippen molar-refractivity contribution in [2.45, 2.75) is 58.6 Å². The summed E-state index contributed by atoms with van der Waals surface area (Å²) < 4.78 is 5.43. The molecule has 0 spiro atoms. The quantitative estimate of drug-likeness (QED) is 0.657. The number of ether oxygens (including phenoxy) is 1. The number of rotatable bonds is 4. The number of nitro groups is 1. The van der Waals surface area contributed by atoms with Crippen LogP contribution in [0.2, 0.25) is 0 Å². The Labute approximate surface area is 148 Å². The number of nitrogens with one attached hydrogen (secondary N) is 1. The van der Waals surface area contributed by atoms with Crippen molar-refractivity contribution in [3.8, 4) is 0 Å². The van der Waals surface area contributed by atoms with Crippen molar-refractivity contribution in [3.05, 3.63) is 33.9 Å². The predicted molar refractivity (Wildman–Crippen MR) is 96.9 cm³/mol. The zero-order chi connectivity index (χ0) is 18.6. The van der Waals surface area contributed by atoms with Gasteiger partial charge in [-0.15, -0.1) is 0 Å². The third-order valence-corrected chi connectivity index (χ3v) is 4.10. The maximum Gasteiger partial charge on any atom is 0.410 e. The SMILES string of the molecule is CCc1ccc([N+](=O)[O-])c(N[C@@H]2CCCN(C(=O)OC(C)(C)C)C2)c1. The number of piperidine rings is 1. The van der Waals surface area contributed by atoms with Gasteiger partial charge in [-0.3, -0.25) is 10.1 Å². The van der Waals surface area contributed by atoms with Gasteiger partial charge in [0.25, 0.3) is 5.69 Å². The molecule has 1 amide bonds. The minimum absolute atomic E-state index is 0.0351. The molecular formula is C18H27N3O4. The van der Waals surface area contributed by atoms with Gasteiger partial charge in [-0.1, -0.05) is 13.0 Å². The van der Waals surface area contributed by atoms with Gasteiger partial charge in [0.1, 0.15) is 11.3 Å². The Morgan fingerprint density at radius 1 is 1.44 bits per heavy atom. The monoisotopic (exact) mass is 349 g/mol. The van der Waals surface area contributed by atoms with E-state index in [1.165, 1.54) is 6.07 Å². The van der Waals surface area contributed by atoms with E-state index in [0.717, 1.165) is 24.8 Å². The van der Waals surface area contributed by atoms with Crippen molar-refractivity contribution in [2.24, 2.45) is 0 Å². The Kier molecular flexibility index (Phi) is 5.87. The highest BCUT2D eigenvalue weighted by Gasteiger charge is 2.28. The van der Waals surface area contributed by atoms with Crippen LogP contribution in [0.4, 0.5) is 16.2 Å². The summed E-state index contributed by atoms with van der Waals surface area (Å²) in [4.78, 5) is 24.8. The summed E-state index contributed by atoms with van der Waals surface area (Å²) in [6.45, 7) is 8.64. The van der Waals surface area contributed by atoms with Gasteiger partial charge in [-0.2, -0.15) is 0 Å². The van der Waals surface area contributed by atoms with Crippen molar-refractivity contribution >= 4 is 17.5 Å². The summed E-state index contributed by atoms with van der Waals surface area (Å²) in [7, 11) is 0. The van der Waals surface area contributed by atoms with Crippen molar-refractivity contribution in [1.82, 2.24) is 4.90 Å². The second-order valence-corrected chi connectivity index (χ2v) is 7.37. The first-order chi connectivity index (χ1) is 11.7. The Hall–Kier alpha value is -2.31. The van der Waals surface area contributed by atoms with Crippen LogP contribution >= 0.6 is 0 Å². The lowest BCUT2D eigenvalue weighted by Crippen LogP contribution is -2.47. The second-order valence-electron chi connectivity index (χ2n) is 7.37. The summed E-state index contributed by atoms with van der Waals surface area (Å²) in [5.41, 5.74) is 1.07. The molecule has 0 radical (unpaired) electrons. The van der Waals surface area contributed by atoms with Crippen LogP contribution in [-0.4, -0.2) is 40.6 Å². The van der Waals surface area contributed by atoms with E-state index in [-0.39, 0.29) is 22.7 Å². The highest BCUT2D eigenvalue weighted by molar-refractivity contribution is 5.69. The van der Waals surface area contributed by atoms with E-state index >= 15 is 0 Å². The molecule has 0 bridgehead atoms. The number of nitrogens with zero attached hydrogens (tertiary/aromatic N) is 2. The molecule has 1 aliphatic rings. The molecule has 1 aliphatic heterocycles. The molecule has 138 valence electrons. The molecule has 1 saturated heterocycles. The summed E-state index contributed by atoms with van der Waals surface area (Å²) in [5, 5.41) is 14.5. The largest absolute Gasteiger partial charge is 0.444 e. The lowest BCUT2D eigenvalue weighted by molar-refractivity contribution is -0.384. The summed E-state index contributed by atoms with van der Waals surface area (Å²) in [6, 6.07) is 5.10. The van der Waals surface area contributed by atoms with Gasteiger partial charge >= 0.3 is 6.09 Å². The Morgan fingerprint density at radius 3 is 2.76 bits per heavy atom. The molecule has 1 atom stereocenters. The second kappa shape index (κ2) is 7.72. The standard InChI is InChI=1S/C18H27N3O4/c1-5-13-8-9-16(21(23)24)15(11-13)19-14-7-6-10-20(12-14)17(22)25-18(2,3)4/h8-9,11,14,19H,5-7,10,12H2,1-4H3/t14-/m1/s1. The number of hydrogen-bond donors (Lipinski definition) is 1. The molecule has 0 unspecified atom stereocenters. The summed E-state index contributed by atoms with van der Waals surface area (Å²) in [6.07, 6.45) is 2.16. The van der Waals surface area contributed by atoms with Crippen LogP contribution in [-0.2, 0) is 11.2 Å². The smallest absolute Gasteiger partial charge is 0.410 e. The van der Waals surface area contributed by atoms with Gasteiger partial charge < -0.3 is 15.0 Å². The normalized spacial score (nSPS) is 17.9. The Balaban J connectivity index is 2.10. The first-order valence-corrected chi connectivity index (χ1v) is 8.71. The molecule has 25 heavy (non-hydrogen) atoms. The maximum absolute atomic E-state index is 12.3. The van der Waals surface area contributed by atoms with Gasteiger partial charge in [-0.05, 0) is 51.7 Å². The average molecular weight is 349 g/mol. The molecule has 1 N–H and O–H groups in total. The average Bonchev–Trinajstić information content (AvgIpc) is 2.53. The summed E-state index contributed by atoms with van der Waals surface area (Å²) in [5.74, 6) is 0. The molecule has 7 nitrogen and oxygen atoms in total. The number of carbonyl (C=O) groups excluding carboxylic acids is 1. The molecule has 0 aliphatic carbocycles. The zero-order valence-corrected chi connectivity index (χ0v) is 15.4. The molecule has 7 heteroatoms. The van der Waals surface area contributed by atoms with Gasteiger partial charge in [0, 0.05) is 25.2 Å². The molecular weight excluding hydrogens is 322 g/mol.